The van der Waals surface area contributed by atoms with E-state index in [1.54, 1.807) is 25.3 Å². The van der Waals surface area contributed by atoms with Crippen LogP contribution in [0.5, 0.6) is 5.75 Å². The van der Waals surface area contributed by atoms with Gasteiger partial charge in [-0.05, 0) is 37.1 Å². The zero-order chi connectivity index (χ0) is 14.9. The van der Waals surface area contributed by atoms with Crippen molar-refractivity contribution in [1.29, 1.82) is 0 Å². The molecule has 0 N–H and O–H groups in total. The Kier molecular flexibility index (Phi) is 4.71. The third-order valence-corrected chi connectivity index (χ3v) is 4.62. The maximum absolute atomic E-state index is 14.0. The van der Waals surface area contributed by atoms with Gasteiger partial charge in [0, 0.05) is 15.6 Å². The van der Waals surface area contributed by atoms with Gasteiger partial charge in [-0.1, -0.05) is 34.1 Å². The highest BCUT2D eigenvalue weighted by molar-refractivity contribution is 9.10. The normalized spacial score (nSPS) is 12.3. The highest BCUT2D eigenvalue weighted by atomic mass is 79.9. The number of alkyl halides is 1. The van der Waals surface area contributed by atoms with Crippen LogP contribution in [0.3, 0.4) is 0 Å². The first-order valence-corrected chi connectivity index (χ1v) is 7.42. The van der Waals surface area contributed by atoms with Gasteiger partial charge in [0.25, 0.3) is 0 Å². The van der Waals surface area contributed by atoms with E-state index in [1.807, 2.05) is 19.9 Å². The SMILES string of the molecule is COc1c(C)cc(Br)c(C)c1C(Cl)c1ccccc1F. The highest BCUT2D eigenvalue weighted by Gasteiger charge is 2.23. The van der Waals surface area contributed by atoms with Crippen LogP contribution in [-0.2, 0) is 0 Å². The van der Waals surface area contributed by atoms with Crippen LogP contribution in [0, 0.1) is 19.7 Å². The van der Waals surface area contributed by atoms with Crippen LogP contribution in [0.1, 0.15) is 27.6 Å². The van der Waals surface area contributed by atoms with E-state index in [0.717, 1.165) is 21.2 Å². The average Bonchev–Trinajstić information content (AvgIpc) is 2.42. The summed E-state index contributed by atoms with van der Waals surface area (Å²) in [6, 6.07) is 8.52. The van der Waals surface area contributed by atoms with Crippen molar-refractivity contribution in [2.24, 2.45) is 0 Å². The molecule has 2 aromatic rings. The Morgan fingerprint density at radius 2 is 1.90 bits per heavy atom. The first kappa shape index (κ1) is 15.3. The molecule has 0 amide bonds. The minimum absolute atomic E-state index is 0.313. The van der Waals surface area contributed by atoms with Gasteiger partial charge in [-0.15, -0.1) is 11.6 Å². The summed E-state index contributed by atoms with van der Waals surface area (Å²) in [6.07, 6.45) is 0. The summed E-state index contributed by atoms with van der Waals surface area (Å²) in [5.41, 5.74) is 3.16. The molecule has 0 spiro atoms. The number of rotatable bonds is 3. The number of methoxy groups -OCH3 is 1. The molecule has 20 heavy (non-hydrogen) atoms. The van der Waals surface area contributed by atoms with Crippen LogP contribution in [-0.4, -0.2) is 7.11 Å². The molecule has 0 heterocycles. The Morgan fingerprint density at radius 1 is 1.25 bits per heavy atom. The number of hydrogen-bond acceptors (Lipinski definition) is 1. The van der Waals surface area contributed by atoms with Crippen LogP contribution < -0.4 is 4.74 Å². The molecule has 0 saturated carbocycles. The second kappa shape index (κ2) is 6.15. The summed E-state index contributed by atoms with van der Waals surface area (Å²) in [4.78, 5) is 0. The van der Waals surface area contributed by atoms with Crippen molar-refractivity contribution in [3.8, 4) is 5.75 Å². The summed E-state index contributed by atoms with van der Waals surface area (Å²) in [5, 5.41) is -0.595. The number of halogens is 3. The average molecular weight is 358 g/mol. The lowest BCUT2D eigenvalue weighted by atomic mass is 9.96. The van der Waals surface area contributed by atoms with Gasteiger partial charge >= 0.3 is 0 Å². The molecule has 0 saturated heterocycles. The lowest BCUT2D eigenvalue weighted by molar-refractivity contribution is 0.406. The lowest BCUT2D eigenvalue weighted by Crippen LogP contribution is -2.04. The van der Waals surface area contributed by atoms with E-state index >= 15 is 0 Å². The topological polar surface area (TPSA) is 9.23 Å². The standard InChI is InChI=1S/C16H15BrClFO/c1-9-8-12(17)10(2)14(16(9)20-3)15(18)11-6-4-5-7-13(11)19/h4-8,15H,1-3H3. The minimum Gasteiger partial charge on any atom is -0.496 e. The van der Waals surface area contributed by atoms with Gasteiger partial charge < -0.3 is 4.74 Å². The third-order valence-electron chi connectivity index (χ3n) is 3.34. The first-order chi connectivity index (χ1) is 9.47. The molecule has 0 aliphatic heterocycles. The minimum atomic E-state index is -0.595. The van der Waals surface area contributed by atoms with E-state index in [9.17, 15) is 4.39 Å². The molecule has 0 aliphatic rings. The maximum atomic E-state index is 14.0. The molecule has 106 valence electrons. The van der Waals surface area contributed by atoms with Crippen LogP contribution in [0.4, 0.5) is 4.39 Å². The highest BCUT2D eigenvalue weighted by Crippen LogP contribution is 2.42. The van der Waals surface area contributed by atoms with E-state index in [-0.39, 0.29) is 5.82 Å². The van der Waals surface area contributed by atoms with Gasteiger partial charge in [-0.2, -0.15) is 0 Å². The van der Waals surface area contributed by atoms with E-state index < -0.39 is 5.38 Å². The second-order valence-corrected chi connectivity index (χ2v) is 5.92. The molecule has 0 fully saturated rings. The fraction of sp³-hybridized carbons (Fsp3) is 0.250. The van der Waals surface area contributed by atoms with Gasteiger partial charge in [0.2, 0.25) is 0 Å². The van der Waals surface area contributed by atoms with Gasteiger partial charge in [0.05, 0.1) is 12.5 Å². The van der Waals surface area contributed by atoms with Gasteiger partial charge in [-0.3, -0.25) is 0 Å². The molecule has 0 aromatic heterocycles. The summed E-state index contributed by atoms with van der Waals surface area (Å²) < 4.78 is 20.4. The summed E-state index contributed by atoms with van der Waals surface area (Å²) in [6.45, 7) is 3.88. The van der Waals surface area contributed by atoms with Gasteiger partial charge in [0.15, 0.2) is 0 Å². The van der Waals surface area contributed by atoms with Crippen LogP contribution in [0.25, 0.3) is 0 Å². The molecule has 2 rings (SSSR count). The Labute approximate surface area is 131 Å². The Morgan fingerprint density at radius 3 is 2.50 bits per heavy atom. The lowest BCUT2D eigenvalue weighted by Gasteiger charge is -2.20. The monoisotopic (exact) mass is 356 g/mol. The molecule has 1 atom stereocenters. The molecular weight excluding hydrogens is 343 g/mol. The smallest absolute Gasteiger partial charge is 0.128 e. The summed E-state index contributed by atoms with van der Waals surface area (Å²) in [5.74, 6) is 0.389. The Hall–Kier alpha value is -1.06. The van der Waals surface area contributed by atoms with Crippen molar-refractivity contribution in [3.05, 3.63) is 62.9 Å². The van der Waals surface area contributed by atoms with Crippen LogP contribution >= 0.6 is 27.5 Å². The zero-order valence-electron chi connectivity index (χ0n) is 11.5. The maximum Gasteiger partial charge on any atom is 0.128 e. The molecule has 0 aliphatic carbocycles. The van der Waals surface area contributed by atoms with E-state index in [4.69, 9.17) is 16.3 Å². The zero-order valence-corrected chi connectivity index (χ0v) is 13.8. The quantitative estimate of drug-likeness (QED) is 0.655. The molecule has 1 nitrogen and oxygen atoms in total. The first-order valence-electron chi connectivity index (χ1n) is 6.19. The predicted octanol–water partition coefficient (Wildman–Crippen LogP) is 5.54. The molecule has 2 aromatic carbocycles. The summed E-state index contributed by atoms with van der Waals surface area (Å²) >= 11 is 10.0. The second-order valence-electron chi connectivity index (χ2n) is 4.63. The van der Waals surface area contributed by atoms with Crippen LogP contribution in [0.2, 0.25) is 0 Å². The number of benzene rings is 2. The van der Waals surface area contributed by atoms with Crippen molar-refractivity contribution in [3.63, 3.8) is 0 Å². The predicted molar refractivity (Wildman–Crippen MR) is 84.3 cm³/mol. The number of aryl methyl sites for hydroxylation is 1. The fourth-order valence-corrected chi connectivity index (χ4v) is 3.28. The number of ether oxygens (including phenoxy) is 1. The van der Waals surface area contributed by atoms with Gasteiger partial charge in [-0.25, -0.2) is 4.39 Å². The molecule has 0 bridgehead atoms. The van der Waals surface area contributed by atoms with Crippen molar-refractivity contribution in [2.75, 3.05) is 7.11 Å². The van der Waals surface area contributed by atoms with Crippen molar-refractivity contribution in [2.45, 2.75) is 19.2 Å². The van der Waals surface area contributed by atoms with Crippen molar-refractivity contribution in [1.82, 2.24) is 0 Å². The molecule has 1 unspecified atom stereocenters. The largest absolute Gasteiger partial charge is 0.496 e. The van der Waals surface area contributed by atoms with Crippen molar-refractivity contribution < 1.29 is 9.13 Å². The molecular formula is C16H15BrClFO. The summed E-state index contributed by atoms with van der Waals surface area (Å²) in [7, 11) is 1.60. The van der Waals surface area contributed by atoms with Crippen molar-refractivity contribution >= 4 is 27.5 Å². The Balaban J connectivity index is 2.66. The van der Waals surface area contributed by atoms with E-state index in [2.05, 4.69) is 15.9 Å². The fourth-order valence-electron chi connectivity index (χ4n) is 2.29. The third kappa shape index (κ3) is 2.70. The van der Waals surface area contributed by atoms with Crippen LogP contribution in [0.15, 0.2) is 34.8 Å². The van der Waals surface area contributed by atoms with E-state index in [0.29, 0.717) is 11.3 Å². The van der Waals surface area contributed by atoms with Gasteiger partial charge in [0.1, 0.15) is 11.6 Å². The Bertz CT molecular complexity index is 643. The van der Waals surface area contributed by atoms with E-state index in [1.165, 1.54) is 6.07 Å². The molecule has 4 heteroatoms. The molecule has 0 radical (unpaired) electrons. The number of hydrogen-bond donors (Lipinski definition) is 0.